The summed E-state index contributed by atoms with van der Waals surface area (Å²) in [7, 11) is 1.29. The van der Waals surface area contributed by atoms with Gasteiger partial charge in [0.05, 0.1) is 13.2 Å². The Morgan fingerprint density at radius 2 is 2.18 bits per heavy atom. The van der Waals surface area contributed by atoms with E-state index >= 15 is 0 Å². The fourth-order valence-corrected chi connectivity index (χ4v) is 2.30. The summed E-state index contributed by atoms with van der Waals surface area (Å²) in [4.78, 5) is 10.9. The van der Waals surface area contributed by atoms with E-state index in [0.29, 0.717) is 0 Å². The minimum atomic E-state index is -0.588. The fourth-order valence-electron chi connectivity index (χ4n) is 2.30. The summed E-state index contributed by atoms with van der Waals surface area (Å²) in [6.45, 7) is 6.14. The summed E-state index contributed by atoms with van der Waals surface area (Å²) < 4.78 is 4.43. The monoisotopic (exact) mass is 242 g/mol. The van der Waals surface area contributed by atoms with Crippen LogP contribution in [-0.4, -0.2) is 30.1 Å². The van der Waals surface area contributed by atoms with E-state index < -0.39 is 6.09 Å². The Balaban J connectivity index is 2.58. The van der Waals surface area contributed by atoms with Crippen LogP contribution in [0.3, 0.4) is 0 Å². The second-order valence-electron chi connectivity index (χ2n) is 5.44. The molecule has 17 heavy (non-hydrogen) atoms. The van der Waals surface area contributed by atoms with Gasteiger partial charge in [0, 0.05) is 11.6 Å². The first-order chi connectivity index (χ1) is 7.85. The minimum Gasteiger partial charge on any atom is -0.452 e. The second-order valence-corrected chi connectivity index (χ2v) is 5.44. The number of nitrogens with one attached hydrogen (secondary N) is 1. The van der Waals surface area contributed by atoms with Crippen LogP contribution >= 0.6 is 0 Å². The summed E-state index contributed by atoms with van der Waals surface area (Å²) in [5.41, 5.74) is 3.22. The van der Waals surface area contributed by atoms with Crippen molar-refractivity contribution in [3.63, 3.8) is 0 Å². The summed E-state index contributed by atoms with van der Waals surface area (Å²) in [6.07, 6.45) is 1.74. The molecule has 0 saturated heterocycles. The molecule has 1 rings (SSSR count). The van der Waals surface area contributed by atoms with Gasteiger partial charge in [-0.15, -0.1) is 0 Å². The van der Waals surface area contributed by atoms with E-state index in [1.807, 2.05) is 6.92 Å². The summed E-state index contributed by atoms with van der Waals surface area (Å²) in [5.74, 6) is 0.0279. The van der Waals surface area contributed by atoms with Crippen molar-refractivity contribution in [1.82, 2.24) is 5.43 Å². The fraction of sp³-hybridized carbons (Fsp3) is 0.833. The van der Waals surface area contributed by atoms with Crippen molar-refractivity contribution in [3.05, 3.63) is 0 Å². The van der Waals surface area contributed by atoms with Gasteiger partial charge in [-0.2, -0.15) is 5.10 Å². The van der Waals surface area contributed by atoms with Crippen LogP contribution in [0.5, 0.6) is 0 Å². The lowest BCUT2D eigenvalue weighted by atomic mass is 9.70. The molecular formula is C12H22N2O3. The van der Waals surface area contributed by atoms with Gasteiger partial charge in [0.2, 0.25) is 0 Å². The molecule has 0 aromatic rings. The van der Waals surface area contributed by atoms with Crippen LogP contribution in [0.15, 0.2) is 5.10 Å². The molecule has 2 N–H and O–H groups in total. The van der Waals surface area contributed by atoms with Crippen molar-refractivity contribution in [2.45, 2.75) is 46.1 Å². The van der Waals surface area contributed by atoms with Gasteiger partial charge in [-0.25, -0.2) is 10.2 Å². The topological polar surface area (TPSA) is 70.9 Å². The lowest BCUT2D eigenvalue weighted by Crippen LogP contribution is -2.38. The SMILES string of the molecule is COC(=O)N/N=C(\C)C1CCC(C)(C)CC1O. The van der Waals surface area contributed by atoms with Crippen LogP contribution in [0.4, 0.5) is 4.79 Å². The highest BCUT2D eigenvalue weighted by Gasteiger charge is 2.35. The molecular weight excluding hydrogens is 220 g/mol. The maximum Gasteiger partial charge on any atom is 0.427 e. The van der Waals surface area contributed by atoms with Crippen molar-refractivity contribution >= 4 is 11.8 Å². The molecule has 0 aliphatic heterocycles. The van der Waals surface area contributed by atoms with E-state index in [1.165, 1.54) is 7.11 Å². The van der Waals surface area contributed by atoms with E-state index in [1.54, 1.807) is 0 Å². The maximum absolute atomic E-state index is 10.9. The smallest absolute Gasteiger partial charge is 0.427 e. The highest BCUT2D eigenvalue weighted by molar-refractivity contribution is 5.86. The molecule has 0 heterocycles. The van der Waals surface area contributed by atoms with Crippen LogP contribution in [0.25, 0.3) is 0 Å². The van der Waals surface area contributed by atoms with Gasteiger partial charge in [0.25, 0.3) is 0 Å². The molecule has 2 unspecified atom stereocenters. The number of hydrogen-bond acceptors (Lipinski definition) is 4. The highest BCUT2D eigenvalue weighted by Crippen LogP contribution is 2.38. The van der Waals surface area contributed by atoms with Crippen LogP contribution in [-0.2, 0) is 4.74 Å². The van der Waals surface area contributed by atoms with Crippen molar-refractivity contribution < 1.29 is 14.6 Å². The highest BCUT2D eigenvalue weighted by atomic mass is 16.5. The Morgan fingerprint density at radius 1 is 1.53 bits per heavy atom. The number of hydrazone groups is 1. The van der Waals surface area contributed by atoms with Gasteiger partial charge in [0.1, 0.15) is 0 Å². The second kappa shape index (κ2) is 5.49. The molecule has 1 saturated carbocycles. The molecule has 1 aliphatic carbocycles. The largest absolute Gasteiger partial charge is 0.452 e. The van der Waals surface area contributed by atoms with Crippen LogP contribution in [0, 0.1) is 11.3 Å². The normalized spacial score (nSPS) is 28.6. The first-order valence-electron chi connectivity index (χ1n) is 5.92. The van der Waals surface area contributed by atoms with Crippen LogP contribution in [0.2, 0.25) is 0 Å². The average Bonchev–Trinajstić information content (AvgIpc) is 2.24. The lowest BCUT2D eigenvalue weighted by Gasteiger charge is -2.38. The quantitative estimate of drug-likeness (QED) is 0.574. The van der Waals surface area contributed by atoms with E-state index in [0.717, 1.165) is 25.0 Å². The zero-order valence-corrected chi connectivity index (χ0v) is 11.0. The molecule has 2 atom stereocenters. The van der Waals surface area contributed by atoms with E-state index in [9.17, 15) is 9.90 Å². The zero-order chi connectivity index (χ0) is 13.1. The number of aliphatic hydroxyl groups excluding tert-OH is 1. The molecule has 0 radical (unpaired) electrons. The third-order valence-corrected chi connectivity index (χ3v) is 3.40. The molecule has 0 aromatic heterocycles. The Bertz CT molecular complexity index is 313. The predicted molar refractivity (Wildman–Crippen MR) is 65.8 cm³/mol. The molecule has 0 bridgehead atoms. The first kappa shape index (κ1) is 14.0. The summed E-state index contributed by atoms with van der Waals surface area (Å²) in [6, 6.07) is 0. The van der Waals surface area contributed by atoms with Gasteiger partial charge < -0.3 is 9.84 Å². The van der Waals surface area contributed by atoms with Gasteiger partial charge in [-0.1, -0.05) is 13.8 Å². The number of carbonyl (C=O) groups is 1. The average molecular weight is 242 g/mol. The van der Waals surface area contributed by atoms with Crippen LogP contribution in [0.1, 0.15) is 40.0 Å². The third-order valence-electron chi connectivity index (χ3n) is 3.40. The number of methoxy groups -OCH3 is 1. The van der Waals surface area contributed by atoms with Crippen molar-refractivity contribution in [1.29, 1.82) is 0 Å². The Labute approximate surface area is 102 Å². The molecule has 0 aromatic carbocycles. The number of ether oxygens (including phenoxy) is 1. The summed E-state index contributed by atoms with van der Waals surface area (Å²) >= 11 is 0. The van der Waals surface area contributed by atoms with Crippen molar-refractivity contribution in [3.8, 4) is 0 Å². The molecule has 1 fully saturated rings. The van der Waals surface area contributed by atoms with Gasteiger partial charge in [-0.3, -0.25) is 0 Å². The van der Waals surface area contributed by atoms with Crippen molar-refractivity contribution in [2.24, 2.45) is 16.4 Å². The van der Waals surface area contributed by atoms with E-state index in [2.05, 4.69) is 29.1 Å². The number of aliphatic hydroxyl groups is 1. The predicted octanol–water partition coefficient (Wildman–Crippen LogP) is 1.91. The molecule has 5 nitrogen and oxygen atoms in total. The Hall–Kier alpha value is -1.10. The van der Waals surface area contributed by atoms with Gasteiger partial charge >= 0.3 is 6.09 Å². The minimum absolute atomic E-state index is 0.0279. The summed E-state index contributed by atoms with van der Waals surface area (Å²) in [5, 5.41) is 14.0. The van der Waals surface area contributed by atoms with Gasteiger partial charge in [-0.05, 0) is 31.6 Å². The maximum atomic E-state index is 10.9. The molecule has 0 spiro atoms. The standard InChI is InChI=1S/C12H22N2O3/c1-8(13-14-11(16)17-4)9-5-6-12(2,3)7-10(9)15/h9-10,15H,5-7H2,1-4H3,(H,14,16)/b13-8+. The molecule has 1 aliphatic rings. The Morgan fingerprint density at radius 3 is 2.71 bits per heavy atom. The van der Waals surface area contributed by atoms with Crippen molar-refractivity contribution in [2.75, 3.05) is 7.11 Å². The third kappa shape index (κ3) is 4.00. The Kier molecular flexibility index (Phi) is 4.51. The molecule has 5 heteroatoms. The number of amides is 1. The number of hydrogen-bond donors (Lipinski definition) is 2. The van der Waals surface area contributed by atoms with E-state index in [-0.39, 0.29) is 17.4 Å². The zero-order valence-electron chi connectivity index (χ0n) is 11.0. The van der Waals surface area contributed by atoms with Crippen LogP contribution < -0.4 is 5.43 Å². The number of rotatable bonds is 2. The lowest BCUT2D eigenvalue weighted by molar-refractivity contribution is 0.0412. The number of nitrogens with zero attached hydrogens (tertiary/aromatic N) is 1. The molecule has 1 amide bonds. The molecule has 98 valence electrons. The first-order valence-corrected chi connectivity index (χ1v) is 5.92. The van der Waals surface area contributed by atoms with E-state index in [4.69, 9.17) is 0 Å². The number of carbonyl (C=O) groups excluding carboxylic acids is 1. The van der Waals surface area contributed by atoms with Gasteiger partial charge in [0.15, 0.2) is 0 Å².